The number of imidazole rings is 1. The predicted molar refractivity (Wildman–Crippen MR) is 155 cm³/mol. The van der Waals surface area contributed by atoms with E-state index in [1.165, 1.54) is 12.5 Å². The van der Waals surface area contributed by atoms with Crippen molar-refractivity contribution < 1.29 is 9.18 Å². The van der Waals surface area contributed by atoms with E-state index in [4.69, 9.17) is 4.98 Å². The van der Waals surface area contributed by atoms with E-state index in [2.05, 4.69) is 35.5 Å². The van der Waals surface area contributed by atoms with Crippen molar-refractivity contribution in [1.29, 1.82) is 0 Å². The van der Waals surface area contributed by atoms with E-state index in [9.17, 15) is 9.18 Å². The summed E-state index contributed by atoms with van der Waals surface area (Å²) in [6.07, 6.45) is 13.8. The normalized spacial score (nSPS) is 13.9. The molecule has 6 heterocycles. The number of hydrogen-bond donors (Lipinski definition) is 3. The third-order valence-electron chi connectivity index (χ3n) is 7.19. The maximum Gasteiger partial charge on any atom is 0.227 e. The van der Waals surface area contributed by atoms with Crippen LogP contribution in [0.1, 0.15) is 39.5 Å². The van der Waals surface area contributed by atoms with Gasteiger partial charge in [-0.1, -0.05) is 26.7 Å². The van der Waals surface area contributed by atoms with E-state index < -0.39 is 0 Å². The second-order valence-corrected chi connectivity index (χ2v) is 10.8. The molecule has 9 nitrogen and oxygen atoms in total. The van der Waals surface area contributed by atoms with Crippen LogP contribution in [-0.2, 0) is 4.79 Å². The van der Waals surface area contributed by atoms with Gasteiger partial charge in [-0.25, -0.2) is 9.97 Å². The molecule has 11 heteroatoms. The van der Waals surface area contributed by atoms with E-state index in [-0.39, 0.29) is 24.4 Å². The largest absolute Gasteiger partial charge is 0.335 e. The van der Waals surface area contributed by atoms with Crippen LogP contribution in [0.15, 0.2) is 55.2 Å². The van der Waals surface area contributed by atoms with Crippen molar-refractivity contribution in [1.82, 2.24) is 35.1 Å². The van der Waals surface area contributed by atoms with Crippen LogP contribution in [0, 0.1) is 11.0 Å². The number of carbonyl (C=O) groups excluding carboxylic acids is 1. The Morgan fingerprint density at radius 1 is 1.00 bits per heavy atom. The molecule has 0 unspecified atom stereocenters. The van der Waals surface area contributed by atoms with E-state index in [1.54, 1.807) is 37.1 Å². The molecule has 3 N–H and O–H groups in total. The van der Waals surface area contributed by atoms with Gasteiger partial charge in [-0.2, -0.15) is 9.49 Å². The van der Waals surface area contributed by atoms with Crippen molar-refractivity contribution in [2.75, 3.05) is 5.32 Å². The summed E-state index contributed by atoms with van der Waals surface area (Å²) in [5, 5.41) is 11.0. The lowest BCUT2D eigenvalue weighted by molar-refractivity contribution is -0.120. The highest BCUT2D eigenvalue weighted by Gasteiger charge is 2.21. The molecule has 0 radical (unpaired) electrons. The lowest BCUT2D eigenvalue weighted by Crippen LogP contribution is -2.24. The number of carbonyl (C=O) groups is 1. The first-order valence-electron chi connectivity index (χ1n) is 12.8. The zero-order valence-corrected chi connectivity index (χ0v) is 21.6. The van der Waals surface area contributed by atoms with Crippen LogP contribution in [-0.4, -0.2) is 41.0 Å². The first kappa shape index (κ1) is 25.8. The molecule has 40 heavy (non-hydrogen) atoms. The summed E-state index contributed by atoms with van der Waals surface area (Å²) in [4.78, 5) is 34.8. The van der Waals surface area contributed by atoms with Gasteiger partial charge in [0.25, 0.3) is 0 Å². The van der Waals surface area contributed by atoms with Gasteiger partial charge < -0.3 is 10.3 Å². The molecule has 1 fully saturated rings. The summed E-state index contributed by atoms with van der Waals surface area (Å²) < 4.78 is 13.7. The van der Waals surface area contributed by atoms with Crippen LogP contribution < -0.4 is 5.32 Å². The van der Waals surface area contributed by atoms with Crippen LogP contribution in [0.2, 0.25) is 0 Å². The van der Waals surface area contributed by atoms with E-state index in [0.717, 1.165) is 69.5 Å². The fourth-order valence-corrected chi connectivity index (χ4v) is 5.95. The van der Waals surface area contributed by atoms with Gasteiger partial charge >= 0.3 is 0 Å². The highest BCUT2D eigenvalue weighted by molar-refractivity contribution is 7.14. The van der Waals surface area contributed by atoms with Crippen LogP contribution in [0.3, 0.4) is 0 Å². The highest BCUT2D eigenvalue weighted by Crippen LogP contribution is 2.34. The fourth-order valence-electron chi connectivity index (χ4n) is 5.20. The van der Waals surface area contributed by atoms with Gasteiger partial charge in [0.1, 0.15) is 11.2 Å². The highest BCUT2D eigenvalue weighted by atomic mass is 32.1. The lowest BCUT2D eigenvalue weighted by atomic mass is 9.88. The number of nitrogens with zero attached hydrogens (tertiary/aromatic N) is 5. The Kier molecular flexibility index (Phi) is 6.81. The number of nitrogens with one attached hydrogen (secondary N) is 3. The summed E-state index contributed by atoms with van der Waals surface area (Å²) in [5.41, 5.74) is 5.72. The minimum atomic E-state index is -0.261. The molecule has 6 aromatic heterocycles. The first-order chi connectivity index (χ1) is 19.1. The van der Waals surface area contributed by atoms with Gasteiger partial charge in [-0.05, 0) is 37.1 Å². The summed E-state index contributed by atoms with van der Waals surface area (Å²) >= 11 is 1.05. The second-order valence-electron chi connectivity index (χ2n) is 9.75. The number of anilines is 1. The van der Waals surface area contributed by atoms with Gasteiger partial charge in [0, 0.05) is 46.1 Å². The Hall–Kier alpha value is -4.51. The van der Waals surface area contributed by atoms with Gasteiger partial charge in [-0.3, -0.25) is 19.9 Å². The van der Waals surface area contributed by atoms with Crippen molar-refractivity contribution in [2.24, 2.45) is 5.92 Å². The van der Waals surface area contributed by atoms with Crippen LogP contribution >= 0.6 is 11.3 Å². The average Bonchev–Trinajstić information content (AvgIpc) is 3.71. The van der Waals surface area contributed by atoms with Crippen molar-refractivity contribution in [3.05, 3.63) is 60.4 Å². The molecule has 6 aromatic rings. The molecule has 0 atom stereocenters. The second kappa shape index (κ2) is 10.6. The van der Waals surface area contributed by atoms with Crippen LogP contribution in [0.4, 0.5) is 10.1 Å². The van der Waals surface area contributed by atoms with Crippen molar-refractivity contribution in [3.63, 3.8) is 0 Å². The molecule has 202 valence electrons. The number of aromatic nitrogens is 7. The molecule has 0 saturated heterocycles. The number of thiophene rings is 1. The van der Waals surface area contributed by atoms with Gasteiger partial charge in [-0.15, -0.1) is 11.3 Å². The molecular weight excluding hydrogens is 527 g/mol. The summed E-state index contributed by atoms with van der Waals surface area (Å²) in [7, 11) is 0. The Balaban J connectivity index is 0.00000289. The topological polar surface area (TPSA) is 125 Å². The Morgan fingerprint density at radius 2 is 1.82 bits per heavy atom. The number of H-pyrrole nitrogens is 2. The standard InChI is InChI=1S/C28H23FN8OS.CH4/c29-23-7-6-22(39-23)20-13-31-14-21-24(20)35-27(34-21)25-19-9-17(11-32-26(19)37-36-25)16-8-18(12-30-10-16)33-28(38)15-4-2-1-3-5-15;/h6-15H,1-5H2,(H,33,38)(H,34,35)(H,32,36,37);1H4. The number of amides is 1. The Morgan fingerprint density at radius 3 is 2.65 bits per heavy atom. The zero-order chi connectivity index (χ0) is 26.3. The van der Waals surface area contributed by atoms with Crippen molar-refractivity contribution in [2.45, 2.75) is 39.5 Å². The van der Waals surface area contributed by atoms with Crippen molar-refractivity contribution in [3.8, 4) is 33.1 Å². The fraction of sp³-hybridized carbons (Fsp3) is 0.241. The first-order valence-corrected chi connectivity index (χ1v) is 13.6. The van der Waals surface area contributed by atoms with Gasteiger partial charge in [0.05, 0.1) is 29.0 Å². The Labute approximate surface area is 233 Å². The quantitative estimate of drug-likeness (QED) is 0.211. The molecule has 0 aliphatic heterocycles. The molecule has 1 saturated carbocycles. The number of aromatic amines is 2. The molecule has 0 bridgehead atoms. The molecule has 1 aliphatic rings. The summed E-state index contributed by atoms with van der Waals surface area (Å²) in [6.45, 7) is 0. The number of fused-ring (bicyclic) bond motifs is 2. The third-order valence-corrected chi connectivity index (χ3v) is 8.10. The minimum absolute atomic E-state index is 0. The number of pyridine rings is 3. The van der Waals surface area contributed by atoms with Gasteiger partial charge in [0.2, 0.25) is 5.91 Å². The monoisotopic (exact) mass is 554 g/mol. The lowest BCUT2D eigenvalue weighted by Gasteiger charge is -2.20. The van der Waals surface area contributed by atoms with Gasteiger partial charge in [0.15, 0.2) is 16.6 Å². The molecule has 0 aromatic carbocycles. The average molecular weight is 555 g/mol. The van der Waals surface area contributed by atoms with E-state index in [1.807, 2.05) is 12.1 Å². The molecule has 7 rings (SSSR count). The maximum atomic E-state index is 13.7. The number of hydrogen-bond acceptors (Lipinski definition) is 7. The van der Waals surface area contributed by atoms with Crippen LogP contribution in [0.5, 0.6) is 0 Å². The zero-order valence-electron chi connectivity index (χ0n) is 20.7. The Bertz CT molecular complexity index is 1830. The smallest absolute Gasteiger partial charge is 0.227 e. The van der Waals surface area contributed by atoms with Crippen molar-refractivity contribution >= 4 is 45.0 Å². The molecular formula is C29H27FN8OS. The molecule has 0 spiro atoms. The molecule has 1 aliphatic carbocycles. The summed E-state index contributed by atoms with van der Waals surface area (Å²) in [5.74, 6) is 0.694. The number of rotatable bonds is 5. The summed E-state index contributed by atoms with van der Waals surface area (Å²) in [6, 6.07) is 7.06. The third kappa shape index (κ3) is 4.73. The maximum absolute atomic E-state index is 13.7. The molecule has 1 amide bonds. The van der Waals surface area contributed by atoms with E-state index >= 15 is 0 Å². The predicted octanol–water partition coefficient (Wildman–Crippen LogP) is 6.98. The minimum Gasteiger partial charge on any atom is -0.335 e. The number of halogens is 1. The SMILES string of the molecule is C.O=C(Nc1cncc(-c2cnc3n[nH]c(-c4nc5c(-c6ccc(F)s6)cncc5[nH]4)c3c2)c1)C1CCCCC1. The van der Waals surface area contributed by atoms with Crippen LogP contribution in [0.25, 0.3) is 55.2 Å². The van der Waals surface area contributed by atoms with E-state index in [0.29, 0.717) is 28.4 Å².